The second kappa shape index (κ2) is 6.95. The summed E-state index contributed by atoms with van der Waals surface area (Å²) >= 11 is 0. The van der Waals surface area contributed by atoms with Gasteiger partial charge in [-0.05, 0) is 18.1 Å². The molecule has 122 valence electrons. The number of methoxy groups -OCH3 is 2. The molecular formula is C16H18N2O5. The van der Waals surface area contributed by atoms with Crippen molar-refractivity contribution in [2.75, 3.05) is 31.0 Å². The van der Waals surface area contributed by atoms with Crippen molar-refractivity contribution in [3.63, 3.8) is 0 Å². The van der Waals surface area contributed by atoms with Crippen molar-refractivity contribution < 1.29 is 23.9 Å². The van der Waals surface area contributed by atoms with Crippen LogP contribution in [0.15, 0.2) is 30.0 Å². The number of rotatable bonds is 4. The Bertz CT molecular complexity index is 681. The first kappa shape index (κ1) is 16.5. The number of carbonyl (C=O) groups excluding carboxylic acids is 3. The van der Waals surface area contributed by atoms with E-state index in [0.29, 0.717) is 17.9 Å². The predicted molar refractivity (Wildman–Crippen MR) is 83.9 cm³/mol. The summed E-state index contributed by atoms with van der Waals surface area (Å²) in [6, 6.07) is 5.47. The van der Waals surface area contributed by atoms with Gasteiger partial charge in [-0.2, -0.15) is 0 Å². The molecule has 0 spiro atoms. The first-order valence-corrected chi connectivity index (χ1v) is 7.03. The smallest absolute Gasteiger partial charge is 0.354 e. The van der Waals surface area contributed by atoms with Crippen LogP contribution in [0.5, 0.6) is 0 Å². The number of nitrogens with zero attached hydrogens (tertiary/aromatic N) is 1. The van der Waals surface area contributed by atoms with E-state index in [-0.39, 0.29) is 11.6 Å². The third-order valence-corrected chi connectivity index (χ3v) is 3.51. The van der Waals surface area contributed by atoms with Gasteiger partial charge in [-0.1, -0.05) is 12.1 Å². The summed E-state index contributed by atoms with van der Waals surface area (Å²) in [6.45, 7) is 2.06. The molecule has 7 heteroatoms. The minimum Gasteiger partial charge on any atom is -0.466 e. The lowest BCUT2D eigenvalue weighted by atomic mass is 10.1. The zero-order chi connectivity index (χ0) is 17.0. The second-order valence-corrected chi connectivity index (χ2v) is 4.93. The average molecular weight is 318 g/mol. The van der Waals surface area contributed by atoms with Gasteiger partial charge in [0.2, 0.25) is 5.91 Å². The van der Waals surface area contributed by atoms with E-state index in [0.717, 1.165) is 18.1 Å². The number of anilines is 2. The van der Waals surface area contributed by atoms with Crippen LogP contribution in [-0.2, 0) is 30.3 Å². The predicted octanol–water partition coefficient (Wildman–Crippen LogP) is 1.24. The Morgan fingerprint density at radius 1 is 1.22 bits per heavy atom. The van der Waals surface area contributed by atoms with E-state index >= 15 is 0 Å². The molecule has 1 aromatic rings. The summed E-state index contributed by atoms with van der Waals surface area (Å²) in [5.74, 6) is -1.48. The average Bonchev–Trinajstić information content (AvgIpc) is 2.98. The van der Waals surface area contributed by atoms with Crippen molar-refractivity contribution in [3.05, 3.63) is 35.5 Å². The van der Waals surface area contributed by atoms with Crippen molar-refractivity contribution in [3.8, 4) is 0 Å². The number of nitrogens with one attached hydrogen (secondary N) is 1. The Morgan fingerprint density at radius 3 is 2.57 bits per heavy atom. The van der Waals surface area contributed by atoms with E-state index in [1.807, 2.05) is 12.1 Å². The van der Waals surface area contributed by atoms with Crippen LogP contribution in [0.1, 0.15) is 12.5 Å². The highest BCUT2D eigenvalue weighted by atomic mass is 16.5. The number of hydrogen-bond donors (Lipinski definition) is 1. The molecule has 23 heavy (non-hydrogen) atoms. The van der Waals surface area contributed by atoms with Gasteiger partial charge in [0.15, 0.2) is 0 Å². The van der Waals surface area contributed by atoms with Crippen LogP contribution in [0.3, 0.4) is 0 Å². The zero-order valence-electron chi connectivity index (χ0n) is 13.2. The molecule has 1 aliphatic rings. The van der Waals surface area contributed by atoms with Crippen molar-refractivity contribution >= 4 is 29.2 Å². The molecule has 1 aromatic carbocycles. The summed E-state index contributed by atoms with van der Waals surface area (Å²) in [4.78, 5) is 36.7. The first-order valence-electron chi connectivity index (χ1n) is 7.03. The molecule has 0 saturated carbocycles. The van der Waals surface area contributed by atoms with Gasteiger partial charge in [0.05, 0.1) is 31.7 Å². The van der Waals surface area contributed by atoms with Crippen molar-refractivity contribution in [2.45, 2.75) is 13.3 Å². The largest absolute Gasteiger partial charge is 0.466 e. The molecule has 7 nitrogen and oxygen atoms in total. The van der Waals surface area contributed by atoms with E-state index in [9.17, 15) is 14.4 Å². The molecule has 0 aliphatic carbocycles. The van der Waals surface area contributed by atoms with E-state index < -0.39 is 11.9 Å². The van der Waals surface area contributed by atoms with Crippen LogP contribution in [0.4, 0.5) is 11.4 Å². The highest BCUT2D eigenvalue weighted by Gasteiger charge is 2.26. The molecule has 2 rings (SSSR count). The Hall–Kier alpha value is -2.83. The third kappa shape index (κ3) is 3.50. The Labute approximate surface area is 133 Å². The molecule has 0 fully saturated rings. The topological polar surface area (TPSA) is 84.9 Å². The SMILES string of the molecule is COC(=O)/C=C(/Nc1cccc2c1N(C(C)=O)CC2)C(=O)OC. The lowest BCUT2D eigenvalue weighted by molar-refractivity contribution is -0.138. The molecule has 0 atom stereocenters. The fourth-order valence-electron chi connectivity index (χ4n) is 2.45. The highest BCUT2D eigenvalue weighted by Crippen LogP contribution is 2.36. The van der Waals surface area contributed by atoms with Gasteiger partial charge in [0, 0.05) is 13.5 Å². The number of fused-ring (bicyclic) bond motifs is 1. The summed E-state index contributed by atoms with van der Waals surface area (Å²) in [5, 5.41) is 2.87. The monoisotopic (exact) mass is 318 g/mol. The number of benzene rings is 1. The maximum atomic E-state index is 11.8. The summed E-state index contributed by atoms with van der Waals surface area (Å²) in [5.41, 5.74) is 2.19. The molecule has 0 radical (unpaired) electrons. The minimum absolute atomic E-state index is 0.0665. The van der Waals surface area contributed by atoms with Gasteiger partial charge in [-0.25, -0.2) is 9.59 Å². The lowest BCUT2D eigenvalue weighted by Gasteiger charge is -2.20. The molecular weight excluding hydrogens is 300 g/mol. The van der Waals surface area contributed by atoms with Gasteiger partial charge < -0.3 is 19.7 Å². The van der Waals surface area contributed by atoms with Crippen molar-refractivity contribution in [2.24, 2.45) is 0 Å². The molecule has 0 bridgehead atoms. The molecule has 0 unspecified atom stereocenters. The third-order valence-electron chi connectivity index (χ3n) is 3.51. The van der Waals surface area contributed by atoms with E-state index in [1.54, 1.807) is 11.0 Å². The van der Waals surface area contributed by atoms with Gasteiger partial charge in [-0.15, -0.1) is 0 Å². The fourth-order valence-corrected chi connectivity index (χ4v) is 2.45. The lowest BCUT2D eigenvalue weighted by Crippen LogP contribution is -2.27. The number of ether oxygens (including phenoxy) is 2. The summed E-state index contributed by atoms with van der Waals surface area (Å²) < 4.78 is 9.20. The van der Waals surface area contributed by atoms with Crippen molar-refractivity contribution in [1.82, 2.24) is 0 Å². The molecule has 0 aromatic heterocycles. The summed E-state index contributed by atoms with van der Waals surface area (Å²) in [6.07, 6.45) is 1.75. The van der Waals surface area contributed by atoms with Gasteiger partial charge in [-0.3, -0.25) is 4.79 Å². The normalized spacial score (nSPS) is 13.3. The summed E-state index contributed by atoms with van der Waals surface area (Å²) in [7, 11) is 2.43. The van der Waals surface area contributed by atoms with Crippen LogP contribution in [-0.4, -0.2) is 38.6 Å². The van der Waals surface area contributed by atoms with Crippen LogP contribution < -0.4 is 10.2 Å². The number of carbonyl (C=O) groups is 3. The number of para-hydroxylation sites is 1. The maximum Gasteiger partial charge on any atom is 0.354 e. The van der Waals surface area contributed by atoms with E-state index in [2.05, 4.69) is 14.8 Å². The van der Waals surface area contributed by atoms with E-state index in [4.69, 9.17) is 0 Å². The quantitative estimate of drug-likeness (QED) is 0.664. The van der Waals surface area contributed by atoms with Crippen LogP contribution in [0.2, 0.25) is 0 Å². The number of esters is 2. The highest BCUT2D eigenvalue weighted by molar-refractivity contribution is 6.02. The second-order valence-electron chi connectivity index (χ2n) is 4.93. The number of hydrogen-bond acceptors (Lipinski definition) is 6. The van der Waals surface area contributed by atoms with Gasteiger partial charge in [0.25, 0.3) is 0 Å². The molecule has 1 amide bonds. The van der Waals surface area contributed by atoms with Crippen LogP contribution >= 0.6 is 0 Å². The maximum absolute atomic E-state index is 11.8. The Balaban J connectivity index is 2.41. The molecule has 1 heterocycles. The Morgan fingerprint density at radius 2 is 1.96 bits per heavy atom. The van der Waals surface area contributed by atoms with Crippen molar-refractivity contribution in [1.29, 1.82) is 0 Å². The minimum atomic E-state index is -0.708. The fraction of sp³-hybridized carbons (Fsp3) is 0.312. The van der Waals surface area contributed by atoms with E-state index in [1.165, 1.54) is 21.1 Å². The standard InChI is InChI=1S/C16H18N2O5/c1-10(19)18-8-7-11-5-4-6-12(15(11)18)17-13(16(21)23-3)9-14(20)22-2/h4-6,9,17H,7-8H2,1-3H3/b13-9+. The van der Waals surface area contributed by atoms with Gasteiger partial charge >= 0.3 is 11.9 Å². The molecule has 1 aliphatic heterocycles. The molecule has 1 N–H and O–H groups in total. The number of amides is 1. The van der Waals surface area contributed by atoms with Crippen LogP contribution in [0, 0.1) is 0 Å². The van der Waals surface area contributed by atoms with Gasteiger partial charge in [0.1, 0.15) is 5.70 Å². The Kier molecular flexibility index (Phi) is 5.00. The first-order chi connectivity index (χ1) is 11.0. The van der Waals surface area contributed by atoms with Crippen LogP contribution in [0.25, 0.3) is 0 Å². The zero-order valence-corrected chi connectivity index (χ0v) is 13.2. The molecule has 0 saturated heterocycles.